The third-order valence-electron chi connectivity index (χ3n) is 5.22. The predicted octanol–water partition coefficient (Wildman–Crippen LogP) is 6.18. The zero-order valence-electron chi connectivity index (χ0n) is 20.5. The molecule has 0 saturated carbocycles. The monoisotopic (exact) mass is 718 g/mol. The van der Waals surface area contributed by atoms with Crippen LogP contribution in [0.4, 0.5) is 39.0 Å². The minimum Gasteiger partial charge on any atom is -0.463 e. The molecule has 0 spiro atoms. The van der Waals surface area contributed by atoms with Crippen molar-refractivity contribution in [2.24, 2.45) is 5.10 Å². The average molecular weight is 719 g/mol. The molecule has 6 nitrogen and oxygen atoms in total. The van der Waals surface area contributed by atoms with Gasteiger partial charge in [-0.2, -0.15) is 36.5 Å². The van der Waals surface area contributed by atoms with Gasteiger partial charge in [0.05, 0.1) is 6.34 Å². The van der Waals surface area contributed by atoms with Gasteiger partial charge < -0.3 is 19.8 Å². The normalized spacial score (nSPS) is 12.5. The molecule has 0 aliphatic carbocycles. The molecule has 0 saturated heterocycles. The van der Waals surface area contributed by atoms with Crippen LogP contribution in [0, 0.1) is 30.7 Å². The second-order valence-corrected chi connectivity index (χ2v) is 8.08. The van der Waals surface area contributed by atoms with Crippen LogP contribution in [0.2, 0.25) is 0 Å². The van der Waals surface area contributed by atoms with E-state index >= 15 is 0 Å². The molecule has 0 N–H and O–H groups in total. The Balaban J connectivity index is 0.000000215. The van der Waals surface area contributed by atoms with Crippen molar-refractivity contribution in [2.75, 3.05) is 28.9 Å². The van der Waals surface area contributed by atoms with Crippen LogP contribution in [0.3, 0.4) is 0 Å². The summed E-state index contributed by atoms with van der Waals surface area (Å²) in [5.41, 5.74) is 1.94. The van der Waals surface area contributed by atoms with Crippen LogP contribution in [-0.4, -0.2) is 30.4 Å². The largest absolute Gasteiger partial charge is 0.463 e. The number of anilines is 3. The summed E-state index contributed by atoms with van der Waals surface area (Å²) in [6, 6.07) is 22.3. The molecule has 2 aromatic carbocycles. The molecular formula is C27H20F5N6Pt-3. The van der Waals surface area contributed by atoms with Crippen LogP contribution in [0.25, 0.3) is 11.3 Å². The van der Waals surface area contributed by atoms with E-state index in [-0.39, 0.29) is 26.6 Å². The first-order chi connectivity index (χ1) is 18.1. The molecule has 0 amide bonds. The molecule has 0 unspecified atom stereocenters. The van der Waals surface area contributed by atoms with Crippen molar-refractivity contribution in [1.29, 1.82) is 0 Å². The summed E-state index contributed by atoms with van der Waals surface area (Å²) in [5, 5.41) is 5.59. The molecule has 3 heterocycles. The van der Waals surface area contributed by atoms with Crippen LogP contribution < -0.4 is 14.8 Å². The van der Waals surface area contributed by atoms with Gasteiger partial charge in [-0.3, -0.25) is 4.98 Å². The first-order valence-corrected chi connectivity index (χ1v) is 11.1. The number of para-hydroxylation sites is 1. The number of aromatic nitrogens is 2. The Morgan fingerprint density at radius 2 is 1.69 bits per heavy atom. The first kappa shape index (κ1) is 29.7. The fourth-order valence-electron chi connectivity index (χ4n) is 3.27. The number of hydrazone groups is 1. The van der Waals surface area contributed by atoms with E-state index in [9.17, 15) is 22.0 Å². The summed E-state index contributed by atoms with van der Waals surface area (Å²) in [4.78, 5) is 10.8. The molecule has 206 valence electrons. The fourth-order valence-corrected chi connectivity index (χ4v) is 3.27. The zero-order valence-corrected chi connectivity index (χ0v) is 22.7. The van der Waals surface area contributed by atoms with Crippen molar-refractivity contribution in [2.45, 2.75) is 6.18 Å². The molecule has 1 aliphatic rings. The summed E-state index contributed by atoms with van der Waals surface area (Å²) in [5.74, 6) is -1.80. The fraction of sp³-hybridized carbons (Fsp3) is 0.111. The maximum absolute atomic E-state index is 13.4. The third kappa shape index (κ3) is 7.60. The topological polar surface area (TPSA) is 47.9 Å². The van der Waals surface area contributed by atoms with Crippen molar-refractivity contribution in [3.63, 3.8) is 0 Å². The molecule has 1 aliphatic heterocycles. The molecular weight excluding hydrogens is 698 g/mol. The molecule has 5 rings (SSSR count). The van der Waals surface area contributed by atoms with E-state index in [0.717, 1.165) is 29.6 Å². The SMILES string of the molecule is CN(C)c1ccnc(-c2[c-]cc(F)nc2F)c1.FC(F)(F)c1c[c-]c(N2[CH-]N(c3ccccc3)C=N2)cc1.[Pt]. The van der Waals surface area contributed by atoms with E-state index < -0.39 is 23.6 Å². The van der Waals surface area contributed by atoms with Gasteiger partial charge in [-0.1, -0.05) is 47.1 Å². The Hall–Kier alpha value is -3.85. The smallest absolute Gasteiger partial charge is 0.370 e. The molecule has 0 bridgehead atoms. The van der Waals surface area contributed by atoms with Gasteiger partial charge in [-0.25, -0.2) is 8.78 Å². The van der Waals surface area contributed by atoms with Gasteiger partial charge in [0.2, 0.25) is 0 Å². The van der Waals surface area contributed by atoms with E-state index in [4.69, 9.17) is 0 Å². The molecule has 39 heavy (non-hydrogen) atoms. The third-order valence-corrected chi connectivity index (χ3v) is 5.22. The predicted molar refractivity (Wildman–Crippen MR) is 135 cm³/mol. The second kappa shape index (κ2) is 12.8. The van der Waals surface area contributed by atoms with Gasteiger partial charge in [-0.05, 0) is 23.9 Å². The van der Waals surface area contributed by atoms with Crippen molar-refractivity contribution in [3.8, 4) is 11.3 Å². The Bertz CT molecular complexity index is 1400. The van der Waals surface area contributed by atoms with E-state index in [1.807, 2.05) is 49.3 Å². The minimum absolute atomic E-state index is 0. The van der Waals surface area contributed by atoms with Crippen molar-refractivity contribution >= 4 is 23.4 Å². The number of benzene rings is 2. The minimum atomic E-state index is -4.36. The second-order valence-electron chi connectivity index (χ2n) is 8.08. The standard InChI is InChI=1S/C15H10F3N3.C12H10F2N3.Pt/c16-15(17,18)12-6-8-14(9-7-12)21-11-20(10-19-21)13-4-2-1-3-5-13;1-17(2)8-5-6-15-10(7-8)9-3-4-11(13)16-12(9)14;/h1-8,10-11H;4-7H,1-2H3;/q-2;-1;. The summed E-state index contributed by atoms with van der Waals surface area (Å²) >= 11 is 0. The van der Waals surface area contributed by atoms with Gasteiger partial charge >= 0.3 is 6.18 Å². The van der Waals surface area contributed by atoms with Crippen molar-refractivity contribution in [1.82, 2.24) is 9.97 Å². The molecule has 2 aromatic heterocycles. The maximum atomic E-state index is 13.4. The van der Waals surface area contributed by atoms with Gasteiger partial charge in [0.1, 0.15) is 11.9 Å². The number of rotatable bonds is 4. The van der Waals surface area contributed by atoms with Gasteiger partial charge in [0.15, 0.2) is 0 Å². The Morgan fingerprint density at radius 1 is 0.949 bits per heavy atom. The van der Waals surface area contributed by atoms with E-state index in [1.54, 1.807) is 36.2 Å². The zero-order chi connectivity index (χ0) is 27.3. The Kier molecular flexibility index (Phi) is 9.75. The number of alkyl halides is 3. The van der Waals surface area contributed by atoms with E-state index in [2.05, 4.69) is 27.2 Å². The van der Waals surface area contributed by atoms with E-state index in [1.165, 1.54) is 11.1 Å². The summed E-state index contributed by atoms with van der Waals surface area (Å²) in [6.07, 6.45) is -1.22. The molecule has 0 fully saturated rings. The van der Waals surface area contributed by atoms with Crippen molar-refractivity contribution in [3.05, 3.63) is 109 Å². The van der Waals surface area contributed by atoms with Gasteiger partial charge in [0, 0.05) is 52.7 Å². The maximum Gasteiger partial charge on any atom is 0.370 e. The van der Waals surface area contributed by atoms with E-state index in [0.29, 0.717) is 11.4 Å². The van der Waals surface area contributed by atoms with Crippen LogP contribution >= 0.6 is 0 Å². The average Bonchev–Trinajstić information content (AvgIpc) is 3.40. The number of halogens is 5. The molecule has 12 heteroatoms. The summed E-state index contributed by atoms with van der Waals surface area (Å²) in [7, 11) is 3.73. The quantitative estimate of drug-likeness (QED) is 0.144. The summed E-state index contributed by atoms with van der Waals surface area (Å²) in [6.45, 7) is 1.68. The number of nitrogens with zero attached hydrogens (tertiary/aromatic N) is 6. The van der Waals surface area contributed by atoms with Crippen LogP contribution in [0.5, 0.6) is 0 Å². The van der Waals surface area contributed by atoms with Gasteiger partial charge in [0.25, 0.3) is 0 Å². The molecule has 0 atom stereocenters. The number of hydrogen-bond acceptors (Lipinski definition) is 6. The first-order valence-electron chi connectivity index (χ1n) is 11.1. The number of hydrogen-bond donors (Lipinski definition) is 0. The summed E-state index contributed by atoms with van der Waals surface area (Å²) < 4.78 is 63.6. The Labute approximate surface area is 236 Å². The molecule has 0 radical (unpaired) electrons. The van der Waals surface area contributed by atoms with Crippen LogP contribution in [-0.2, 0) is 27.2 Å². The van der Waals surface area contributed by atoms with Gasteiger partial charge in [-0.15, -0.1) is 18.8 Å². The molecule has 4 aromatic rings. The Morgan fingerprint density at radius 3 is 2.31 bits per heavy atom. The van der Waals surface area contributed by atoms with Crippen LogP contribution in [0.15, 0.2) is 78.0 Å². The van der Waals surface area contributed by atoms with Crippen molar-refractivity contribution < 1.29 is 43.0 Å². The number of pyridine rings is 2. The van der Waals surface area contributed by atoms with Crippen LogP contribution in [0.1, 0.15) is 5.56 Å².